The number of rotatable bonds is 33. The summed E-state index contributed by atoms with van der Waals surface area (Å²) in [7, 11) is 0. The number of aromatic nitrogens is 1. The van der Waals surface area contributed by atoms with E-state index in [0.29, 0.717) is 79.1 Å². The lowest BCUT2D eigenvalue weighted by Gasteiger charge is -2.37. The molecule has 3 aromatic rings. The second kappa shape index (κ2) is 34.0. The number of nitrogens with two attached hydrogens (primary N) is 1. The molecule has 0 spiro atoms. The summed E-state index contributed by atoms with van der Waals surface area (Å²) in [5.41, 5.74) is 12.1. The Labute approximate surface area is 494 Å². The van der Waals surface area contributed by atoms with Crippen LogP contribution in [0.3, 0.4) is 0 Å². The molecule has 2 aliphatic rings. The maximum absolute atomic E-state index is 13.9. The Kier molecular flexibility index (Phi) is 27.1. The average Bonchev–Trinajstić information content (AvgIpc) is 4.22. The fourth-order valence-corrected chi connectivity index (χ4v) is 10.6. The summed E-state index contributed by atoms with van der Waals surface area (Å²) in [4.78, 5) is 136. The molecule has 25 heteroatoms. The van der Waals surface area contributed by atoms with Crippen molar-refractivity contribution in [1.29, 1.82) is 0 Å². The number of hydrogen-bond acceptors (Lipinski definition) is 15. The normalized spacial score (nSPS) is 15.9. The number of benzene rings is 2. The van der Waals surface area contributed by atoms with Crippen LogP contribution in [0.4, 0.5) is 15.3 Å². The van der Waals surface area contributed by atoms with Crippen LogP contribution in [0.15, 0.2) is 60.0 Å². The van der Waals surface area contributed by atoms with E-state index in [2.05, 4.69) is 72.1 Å². The monoisotopic (exact) mass is 1190 g/mol. The fraction of sp³-hybridized carbons (Fsp3) is 0.542. The van der Waals surface area contributed by atoms with Gasteiger partial charge in [0.25, 0.3) is 17.7 Å². The Hall–Kier alpha value is -7.93. The Morgan fingerprint density at radius 2 is 1.63 bits per heavy atom. The highest BCUT2D eigenvalue weighted by Gasteiger charge is 2.35. The first-order valence-electron chi connectivity index (χ1n) is 28.9. The van der Waals surface area contributed by atoms with Crippen LogP contribution >= 0.6 is 11.3 Å². The molecule has 6 atom stereocenters. The van der Waals surface area contributed by atoms with E-state index in [1.54, 1.807) is 35.7 Å². The third-order valence-electron chi connectivity index (χ3n) is 14.5. The topological polar surface area (TPSA) is 339 Å². The van der Waals surface area contributed by atoms with Crippen molar-refractivity contribution in [3.63, 3.8) is 0 Å². The van der Waals surface area contributed by atoms with Gasteiger partial charge in [-0.25, -0.2) is 20.0 Å². The number of amides is 11. The first kappa shape index (κ1) is 66.9. The van der Waals surface area contributed by atoms with E-state index in [1.807, 2.05) is 11.8 Å². The molecule has 11 amide bonds. The SMILES string of the molecule is CCCO[C@H](CC(C(C)C)N(CCC)C(=O)C[C@@H](C)CC)c1nc(C(=O)N[C@H]2Cc3ccc(O)cc3[C@H](C(=O)NNC(=O)OCc3ccc(NC(=O)[C@@H](CCCNC(N)=O)NC(=O)CNC(=O)CCCCCN4C(=O)C=CC4=O)cc3)C2)cs1. The minimum atomic E-state index is -1.08. The summed E-state index contributed by atoms with van der Waals surface area (Å²) >= 11 is 1.32. The van der Waals surface area contributed by atoms with Crippen molar-refractivity contribution in [3.05, 3.63) is 87.4 Å². The summed E-state index contributed by atoms with van der Waals surface area (Å²) in [6.07, 6.45) is 6.92. The molecule has 1 aliphatic carbocycles. The van der Waals surface area contributed by atoms with Crippen molar-refractivity contribution >= 4 is 76.4 Å². The van der Waals surface area contributed by atoms with Gasteiger partial charge in [0, 0.05) is 80.8 Å². The summed E-state index contributed by atoms with van der Waals surface area (Å²) in [6, 6.07) is 8.44. The van der Waals surface area contributed by atoms with Gasteiger partial charge in [0.05, 0.1) is 12.5 Å². The third-order valence-corrected chi connectivity index (χ3v) is 15.4. The fourth-order valence-electron chi connectivity index (χ4n) is 9.75. The smallest absolute Gasteiger partial charge is 0.426 e. The maximum atomic E-state index is 13.9. The van der Waals surface area contributed by atoms with Gasteiger partial charge < -0.3 is 51.8 Å². The van der Waals surface area contributed by atoms with E-state index in [4.69, 9.17) is 20.2 Å². The van der Waals surface area contributed by atoms with Gasteiger partial charge >= 0.3 is 12.1 Å². The van der Waals surface area contributed by atoms with Gasteiger partial charge in [0.15, 0.2) is 0 Å². The Balaban J connectivity index is 1.11. The number of nitrogens with zero attached hydrogens (tertiary/aromatic N) is 3. The van der Waals surface area contributed by atoms with Crippen LogP contribution in [-0.4, -0.2) is 130 Å². The van der Waals surface area contributed by atoms with Crippen molar-refractivity contribution in [2.24, 2.45) is 17.6 Å². The molecule has 2 aromatic carbocycles. The number of aromatic hydroxyl groups is 1. The van der Waals surface area contributed by atoms with Crippen LogP contribution in [0.1, 0.15) is 163 Å². The number of phenols is 1. The summed E-state index contributed by atoms with van der Waals surface area (Å²) in [5, 5.41) is 26.1. The van der Waals surface area contributed by atoms with E-state index in [9.17, 15) is 53.1 Å². The number of ether oxygens (including phenoxy) is 2. The van der Waals surface area contributed by atoms with Crippen LogP contribution in [-0.2, 0) is 56.1 Å². The molecule has 0 saturated heterocycles. The van der Waals surface area contributed by atoms with Crippen LogP contribution in [0.25, 0.3) is 0 Å². The molecule has 84 heavy (non-hydrogen) atoms. The zero-order valence-corrected chi connectivity index (χ0v) is 49.7. The predicted octanol–water partition coefficient (Wildman–Crippen LogP) is 5.67. The highest BCUT2D eigenvalue weighted by atomic mass is 32.1. The summed E-state index contributed by atoms with van der Waals surface area (Å²) < 4.78 is 11.7. The van der Waals surface area contributed by atoms with E-state index >= 15 is 0 Å². The van der Waals surface area contributed by atoms with Gasteiger partial charge in [0.2, 0.25) is 29.5 Å². The molecule has 5 rings (SSSR count). The molecular weight excluding hydrogens is 1100 g/mol. The number of thiazole rings is 1. The predicted molar refractivity (Wildman–Crippen MR) is 313 cm³/mol. The van der Waals surface area contributed by atoms with Crippen molar-refractivity contribution < 1.29 is 62.5 Å². The highest BCUT2D eigenvalue weighted by molar-refractivity contribution is 7.09. The zero-order valence-electron chi connectivity index (χ0n) is 48.9. The number of hydrazine groups is 1. The lowest BCUT2D eigenvalue weighted by Crippen LogP contribution is -2.48. The molecule has 1 aliphatic heterocycles. The lowest BCUT2D eigenvalue weighted by atomic mass is 9.79. The van der Waals surface area contributed by atoms with Gasteiger partial charge in [-0.1, -0.05) is 72.6 Å². The van der Waals surface area contributed by atoms with Gasteiger partial charge in [-0.05, 0) is 104 Å². The number of primary amides is 1. The summed E-state index contributed by atoms with van der Waals surface area (Å²) in [5.74, 6) is -3.89. The highest BCUT2D eigenvalue weighted by Crippen LogP contribution is 2.35. The van der Waals surface area contributed by atoms with Gasteiger partial charge in [-0.15, -0.1) is 11.3 Å². The van der Waals surface area contributed by atoms with Gasteiger partial charge in [-0.2, -0.15) is 0 Å². The lowest BCUT2D eigenvalue weighted by molar-refractivity contribution is -0.138. The van der Waals surface area contributed by atoms with E-state index in [1.165, 1.54) is 35.6 Å². The molecule has 0 fully saturated rings. The molecule has 458 valence electrons. The molecule has 24 nitrogen and oxygen atoms in total. The summed E-state index contributed by atoms with van der Waals surface area (Å²) in [6.45, 7) is 13.3. The molecule has 1 unspecified atom stereocenters. The molecule has 2 heterocycles. The molecule has 0 radical (unpaired) electrons. The molecule has 1 aromatic heterocycles. The number of imide groups is 1. The van der Waals surface area contributed by atoms with Gasteiger partial charge in [-0.3, -0.25) is 48.7 Å². The second-order valence-corrected chi connectivity index (χ2v) is 22.4. The Morgan fingerprint density at radius 1 is 0.893 bits per heavy atom. The quantitative estimate of drug-likeness (QED) is 0.0202. The maximum Gasteiger partial charge on any atom is 0.426 e. The van der Waals surface area contributed by atoms with Gasteiger partial charge in [0.1, 0.15) is 35.2 Å². The number of carbonyl (C=O) groups excluding carboxylic acids is 10. The first-order valence-corrected chi connectivity index (χ1v) is 29.8. The van der Waals surface area contributed by atoms with Crippen LogP contribution in [0.5, 0.6) is 5.75 Å². The Bertz CT molecular complexity index is 2770. The Morgan fingerprint density at radius 3 is 2.31 bits per heavy atom. The standard InChI is InChI=1S/C59H83N11O13S/c1-7-25-69(53(76)28-37(6)9-3)47(36(4)5)32-48(82-27-8-2)57-66-46(35-84-57)56(79)64-41-29-39-18-21-42(71)31-43(39)44(30-41)54(77)67-68-59(81)83-34-38-16-19-40(20-17-38)63-55(78)45(14-13-24-61-58(60)80)65-50(73)33-62-49(72)15-11-10-12-26-70-51(74)22-23-52(70)75/h16-23,31,35-37,41,44-45,47-48,71H,7-15,24-30,32-34H2,1-6H3,(H,62,72)(H,63,78)(H,64,79)(H,65,73)(H,67,77)(H,68,81)(H3,60,61,80)/t37-,41-,44+,45+,47?,48+/m0/s1. The van der Waals surface area contributed by atoms with E-state index in [0.717, 1.165) is 24.2 Å². The van der Waals surface area contributed by atoms with Crippen molar-refractivity contribution in [2.45, 2.75) is 162 Å². The first-order chi connectivity index (χ1) is 40.2. The molecule has 10 N–H and O–H groups in total. The minimum Gasteiger partial charge on any atom is -0.508 e. The number of carbonyl (C=O) groups is 10. The minimum absolute atomic E-state index is 0.0628. The number of nitrogens with one attached hydrogen (secondary N) is 7. The number of fused-ring (bicyclic) bond motifs is 1. The molecular formula is C59H83N11O13S. The van der Waals surface area contributed by atoms with Crippen LogP contribution in [0, 0.1) is 11.8 Å². The third kappa shape index (κ3) is 21.4. The largest absolute Gasteiger partial charge is 0.508 e. The van der Waals surface area contributed by atoms with Crippen molar-refractivity contribution in [2.75, 3.05) is 38.1 Å². The number of hydrogen-bond donors (Lipinski definition) is 9. The van der Waals surface area contributed by atoms with Crippen LogP contribution < -0.4 is 43.2 Å². The molecule has 0 saturated carbocycles. The van der Waals surface area contributed by atoms with Crippen molar-refractivity contribution in [3.8, 4) is 5.75 Å². The second-order valence-electron chi connectivity index (χ2n) is 21.5. The van der Waals surface area contributed by atoms with E-state index in [-0.39, 0.29) is 92.4 Å². The number of phenolic OH excluding ortho intramolecular Hbond substituents is 1. The number of unbranched alkanes of at least 4 members (excludes halogenated alkanes) is 2. The number of urea groups is 1. The van der Waals surface area contributed by atoms with Crippen LogP contribution in [0.2, 0.25) is 0 Å². The average molecular weight is 1190 g/mol. The van der Waals surface area contributed by atoms with E-state index < -0.39 is 72.3 Å². The molecule has 0 bridgehead atoms. The number of anilines is 1. The zero-order chi connectivity index (χ0) is 61.3. The van der Waals surface area contributed by atoms with Crippen molar-refractivity contribution in [1.82, 2.24) is 46.9 Å².